The van der Waals surface area contributed by atoms with Crippen LogP contribution in [0, 0.1) is 11.7 Å². The van der Waals surface area contributed by atoms with E-state index in [0.29, 0.717) is 12.0 Å². The second kappa shape index (κ2) is 6.64. The van der Waals surface area contributed by atoms with Crippen molar-refractivity contribution in [2.45, 2.75) is 20.3 Å². The molecule has 0 aromatic heterocycles. The first kappa shape index (κ1) is 14.8. The van der Waals surface area contributed by atoms with Crippen molar-refractivity contribution in [2.24, 2.45) is 5.92 Å². The summed E-state index contributed by atoms with van der Waals surface area (Å²) in [4.78, 5) is 23.7. The topological polar surface area (TPSA) is 43.4 Å². The van der Waals surface area contributed by atoms with Crippen molar-refractivity contribution in [1.82, 2.24) is 0 Å². The van der Waals surface area contributed by atoms with E-state index in [1.54, 1.807) is 13.8 Å². The van der Waals surface area contributed by atoms with Crippen LogP contribution in [0.25, 0.3) is 0 Å². The van der Waals surface area contributed by atoms with Crippen molar-refractivity contribution in [3.05, 3.63) is 34.1 Å². The number of benzene rings is 1. The van der Waals surface area contributed by atoms with Crippen LogP contribution in [0.15, 0.2) is 22.7 Å². The summed E-state index contributed by atoms with van der Waals surface area (Å²) in [5, 5.41) is 0. The first-order chi connectivity index (χ1) is 8.51. The van der Waals surface area contributed by atoms with E-state index in [0.717, 1.165) is 0 Å². The molecule has 1 atom stereocenters. The highest BCUT2D eigenvalue weighted by Crippen LogP contribution is 2.20. The second-order valence-electron chi connectivity index (χ2n) is 3.71. The lowest BCUT2D eigenvalue weighted by atomic mass is 9.95. The molecule has 18 heavy (non-hydrogen) atoms. The van der Waals surface area contributed by atoms with Crippen LogP contribution >= 0.6 is 15.9 Å². The molecule has 0 amide bonds. The molecule has 0 aliphatic heterocycles. The molecule has 1 aromatic carbocycles. The summed E-state index contributed by atoms with van der Waals surface area (Å²) in [6.45, 7) is 3.65. The number of halogens is 2. The average molecular weight is 317 g/mol. The quantitative estimate of drug-likeness (QED) is 0.475. The fraction of sp³-hybridized carbons (Fsp3) is 0.385. The molecule has 0 saturated carbocycles. The summed E-state index contributed by atoms with van der Waals surface area (Å²) in [7, 11) is 0. The number of esters is 1. The second-order valence-corrected chi connectivity index (χ2v) is 4.56. The molecule has 0 N–H and O–H groups in total. The monoisotopic (exact) mass is 316 g/mol. The third kappa shape index (κ3) is 3.38. The Balaban J connectivity index is 2.96. The predicted molar refractivity (Wildman–Crippen MR) is 68.8 cm³/mol. The summed E-state index contributed by atoms with van der Waals surface area (Å²) < 4.78 is 18.1. The Labute approximate surface area is 113 Å². The van der Waals surface area contributed by atoms with E-state index in [2.05, 4.69) is 15.9 Å². The van der Waals surface area contributed by atoms with E-state index in [1.807, 2.05) is 0 Å². The summed E-state index contributed by atoms with van der Waals surface area (Å²) in [6.07, 6.45) is 0.354. The zero-order valence-corrected chi connectivity index (χ0v) is 11.8. The molecule has 0 aliphatic carbocycles. The summed E-state index contributed by atoms with van der Waals surface area (Å²) in [5.74, 6) is -2.17. The zero-order valence-electron chi connectivity index (χ0n) is 10.2. The van der Waals surface area contributed by atoms with E-state index in [-0.39, 0.29) is 16.9 Å². The molecule has 0 spiro atoms. The number of ketones is 1. The van der Waals surface area contributed by atoms with Crippen molar-refractivity contribution < 1.29 is 18.7 Å². The van der Waals surface area contributed by atoms with E-state index < -0.39 is 17.7 Å². The normalized spacial score (nSPS) is 12.0. The van der Waals surface area contributed by atoms with Gasteiger partial charge >= 0.3 is 5.97 Å². The lowest BCUT2D eigenvalue weighted by molar-refractivity contribution is -0.146. The lowest BCUT2D eigenvalue weighted by Gasteiger charge is -2.12. The zero-order chi connectivity index (χ0) is 13.7. The minimum Gasteiger partial charge on any atom is -0.465 e. The Morgan fingerprint density at radius 2 is 2.06 bits per heavy atom. The molecule has 0 fully saturated rings. The first-order valence-electron chi connectivity index (χ1n) is 5.67. The smallest absolute Gasteiger partial charge is 0.316 e. The van der Waals surface area contributed by atoms with Gasteiger partial charge in [-0.15, -0.1) is 0 Å². The maximum Gasteiger partial charge on any atom is 0.316 e. The standard InChI is InChI=1S/C13H14BrFO3/c1-3-9(13(17)18-4-2)12(16)8-5-6-11(15)10(14)7-8/h5-7,9H,3-4H2,1-2H3. The molecule has 98 valence electrons. The summed E-state index contributed by atoms with van der Waals surface area (Å²) in [5.41, 5.74) is 0.295. The van der Waals surface area contributed by atoms with Gasteiger partial charge in [-0.2, -0.15) is 0 Å². The van der Waals surface area contributed by atoms with Gasteiger partial charge in [-0.25, -0.2) is 4.39 Å². The highest BCUT2D eigenvalue weighted by atomic mass is 79.9. The molecule has 0 aliphatic rings. The third-order valence-corrected chi connectivity index (χ3v) is 3.11. The molecular formula is C13H14BrFO3. The molecule has 1 rings (SSSR count). The van der Waals surface area contributed by atoms with Gasteiger partial charge in [0.1, 0.15) is 11.7 Å². The number of carbonyl (C=O) groups is 2. The van der Waals surface area contributed by atoms with Gasteiger partial charge < -0.3 is 4.74 Å². The van der Waals surface area contributed by atoms with Crippen molar-refractivity contribution in [3.63, 3.8) is 0 Å². The van der Waals surface area contributed by atoms with Crippen LogP contribution in [0.5, 0.6) is 0 Å². The Kier molecular flexibility index (Phi) is 5.47. The minimum absolute atomic E-state index is 0.201. The number of rotatable bonds is 5. The third-order valence-electron chi connectivity index (χ3n) is 2.50. The number of Topliss-reactive ketones (excluding diaryl/α,β-unsaturated/α-hetero) is 1. The lowest BCUT2D eigenvalue weighted by Crippen LogP contribution is -2.25. The molecule has 1 aromatic rings. The SMILES string of the molecule is CCOC(=O)C(CC)C(=O)c1ccc(F)c(Br)c1. The Morgan fingerprint density at radius 1 is 1.39 bits per heavy atom. The van der Waals surface area contributed by atoms with E-state index in [1.165, 1.54) is 18.2 Å². The van der Waals surface area contributed by atoms with Crippen molar-refractivity contribution in [2.75, 3.05) is 6.61 Å². The van der Waals surface area contributed by atoms with Crippen LogP contribution in [0.4, 0.5) is 4.39 Å². The minimum atomic E-state index is -0.831. The highest BCUT2D eigenvalue weighted by Gasteiger charge is 2.27. The van der Waals surface area contributed by atoms with Gasteiger partial charge in [0.2, 0.25) is 0 Å². The Hall–Kier alpha value is -1.23. The van der Waals surface area contributed by atoms with Crippen LogP contribution in [0.3, 0.4) is 0 Å². The van der Waals surface area contributed by atoms with Crippen LogP contribution in [-0.4, -0.2) is 18.4 Å². The predicted octanol–water partition coefficient (Wildman–Crippen LogP) is 3.36. The Morgan fingerprint density at radius 3 is 2.56 bits per heavy atom. The molecule has 1 unspecified atom stereocenters. The number of hydrogen-bond donors (Lipinski definition) is 0. The molecule has 0 bridgehead atoms. The van der Waals surface area contributed by atoms with Gasteiger partial charge in [0.15, 0.2) is 5.78 Å². The highest BCUT2D eigenvalue weighted by molar-refractivity contribution is 9.10. The van der Waals surface area contributed by atoms with Gasteiger partial charge in [0, 0.05) is 5.56 Å². The molecule has 0 radical (unpaired) electrons. The average Bonchev–Trinajstić information content (AvgIpc) is 2.33. The van der Waals surface area contributed by atoms with Crippen LogP contribution < -0.4 is 0 Å². The maximum atomic E-state index is 13.1. The van der Waals surface area contributed by atoms with Gasteiger partial charge in [-0.3, -0.25) is 9.59 Å². The van der Waals surface area contributed by atoms with E-state index in [4.69, 9.17) is 4.74 Å². The van der Waals surface area contributed by atoms with Gasteiger partial charge in [-0.1, -0.05) is 6.92 Å². The van der Waals surface area contributed by atoms with Gasteiger partial charge in [-0.05, 0) is 47.5 Å². The van der Waals surface area contributed by atoms with Crippen LogP contribution in [0.1, 0.15) is 30.6 Å². The van der Waals surface area contributed by atoms with Gasteiger partial charge in [0.05, 0.1) is 11.1 Å². The van der Waals surface area contributed by atoms with Crippen molar-refractivity contribution >= 4 is 27.7 Å². The number of ether oxygens (including phenoxy) is 1. The fourth-order valence-electron chi connectivity index (χ4n) is 1.55. The van der Waals surface area contributed by atoms with E-state index >= 15 is 0 Å². The maximum absolute atomic E-state index is 13.1. The first-order valence-corrected chi connectivity index (χ1v) is 6.46. The summed E-state index contributed by atoms with van der Waals surface area (Å²) >= 11 is 3.01. The molecule has 0 heterocycles. The molecule has 3 nitrogen and oxygen atoms in total. The van der Waals surface area contributed by atoms with Crippen molar-refractivity contribution in [1.29, 1.82) is 0 Å². The van der Waals surface area contributed by atoms with Crippen LogP contribution in [0.2, 0.25) is 0 Å². The number of hydrogen-bond acceptors (Lipinski definition) is 3. The molecule has 0 saturated heterocycles. The number of carbonyl (C=O) groups excluding carboxylic acids is 2. The fourth-order valence-corrected chi connectivity index (χ4v) is 1.93. The molecule has 5 heteroatoms. The van der Waals surface area contributed by atoms with E-state index in [9.17, 15) is 14.0 Å². The van der Waals surface area contributed by atoms with Gasteiger partial charge in [0.25, 0.3) is 0 Å². The van der Waals surface area contributed by atoms with Crippen LogP contribution in [-0.2, 0) is 9.53 Å². The van der Waals surface area contributed by atoms with Crippen molar-refractivity contribution in [3.8, 4) is 0 Å². The Bertz CT molecular complexity index is 460. The summed E-state index contributed by atoms with van der Waals surface area (Å²) in [6, 6.07) is 3.93. The molecular weight excluding hydrogens is 303 g/mol. The largest absolute Gasteiger partial charge is 0.465 e.